The molecule has 1 aliphatic heterocycles. The Morgan fingerprint density at radius 2 is 1.88 bits per heavy atom. The van der Waals surface area contributed by atoms with Gasteiger partial charge in [-0.15, -0.1) is 13.2 Å². The van der Waals surface area contributed by atoms with Gasteiger partial charge in [0, 0.05) is 18.6 Å². The highest BCUT2D eigenvalue weighted by Gasteiger charge is 2.34. The van der Waals surface area contributed by atoms with Gasteiger partial charge in [-0.25, -0.2) is 9.78 Å². The van der Waals surface area contributed by atoms with Gasteiger partial charge in [0.2, 0.25) is 5.91 Å². The maximum Gasteiger partial charge on any atom is 0.573 e. The summed E-state index contributed by atoms with van der Waals surface area (Å²) in [5.74, 6) is -1.50. The van der Waals surface area contributed by atoms with Crippen molar-refractivity contribution in [1.29, 1.82) is 0 Å². The Morgan fingerprint density at radius 1 is 1.21 bits per heavy atom. The largest absolute Gasteiger partial charge is 0.573 e. The minimum Gasteiger partial charge on any atom is -0.406 e. The first kappa shape index (κ1) is 23.3. The number of halogens is 3. The Morgan fingerprint density at radius 3 is 2.48 bits per heavy atom. The monoisotopic (exact) mass is 461 g/mol. The van der Waals surface area contributed by atoms with E-state index in [1.54, 1.807) is 12.1 Å². The minimum atomic E-state index is -4.89. The molecule has 3 rings (SSSR count). The minimum absolute atomic E-state index is 0.152. The van der Waals surface area contributed by atoms with E-state index in [9.17, 15) is 27.6 Å². The van der Waals surface area contributed by atoms with Crippen LogP contribution in [0, 0.1) is 0 Å². The zero-order valence-electron chi connectivity index (χ0n) is 17.0. The second kappa shape index (κ2) is 9.42. The summed E-state index contributed by atoms with van der Waals surface area (Å²) in [6, 6.07) is 5.35. The summed E-state index contributed by atoms with van der Waals surface area (Å²) < 4.78 is 41.2. The maximum atomic E-state index is 13.0. The number of hydrogen-bond acceptors (Lipinski definition) is 5. The molecule has 0 fully saturated rings. The number of fused-ring (bicyclic) bond motifs is 1. The first-order chi connectivity index (χ1) is 15.6. The van der Waals surface area contributed by atoms with E-state index in [-0.39, 0.29) is 17.9 Å². The normalized spacial score (nSPS) is 13.8. The quantitative estimate of drug-likeness (QED) is 0.687. The third-order valence-electron chi connectivity index (χ3n) is 4.47. The Balaban J connectivity index is 1.91. The van der Waals surface area contributed by atoms with Crippen LogP contribution >= 0.6 is 0 Å². The van der Waals surface area contributed by atoms with Crippen LogP contribution in [0.5, 0.6) is 5.75 Å². The lowest BCUT2D eigenvalue weighted by molar-refractivity contribution is -0.274. The van der Waals surface area contributed by atoms with Gasteiger partial charge in [0.15, 0.2) is 5.82 Å². The molecule has 0 spiro atoms. The van der Waals surface area contributed by atoms with Crippen LogP contribution in [0.1, 0.15) is 11.6 Å². The number of ether oxygens (including phenoxy) is 1. The molecule has 0 saturated carbocycles. The van der Waals surface area contributed by atoms with Gasteiger partial charge in [0.05, 0.1) is 5.69 Å². The number of rotatable bonds is 6. The smallest absolute Gasteiger partial charge is 0.406 e. The summed E-state index contributed by atoms with van der Waals surface area (Å²) in [6.45, 7) is 6.63. The molecule has 0 aliphatic carbocycles. The standard InChI is InChI=1S/C21H18F3N5O4/c1-3-28(4-2)19(31)17(13-7-9-14(10-8-13)33-21(22,23)24)27-20(32)29-12-16(30)26-15-6-5-11-25-18(15)29/h3-11,17H,1-2,12H2,(H,26,30)(H,27,32). The Kier molecular flexibility index (Phi) is 6.66. The van der Waals surface area contributed by atoms with Gasteiger partial charge in [-0.2, -0.15) is 0 Å². The summed E-state index contributed by atoms with van der Waals surface area (Å²) in [4.78, 5) is 44.2. The van der Waals surface area contributed by atoms with Crippen LogP contribution in [0.4, 0.5) is 29.5 Å². The molecule has 9 nitrogen and oxygen atoms in total. The van der Waals surface area contributed by atoms with Crippen LogP contribution in [-0.4, -0.2) is 40.6 Å². The maximum absolute atomic E-state index is 13.0. The fourth-order valence-corrected chi connectivity index (χ4v) is 3.04. The number of amides is 4. The molecule has 4 amide bonds. The molecule has 2 heterocycles. The summed E-state index contributed by atoms with van der Waals surface area (Å²) in [5, 5.41) is 5.08. The molecule has 1 aliphatic rings. The predicted molar refractivity (Wildman–Crippen MR) is 112 cm³/mol. The van der Waals surface area contributed by atoms with Crippen LogP contribution in [0.15, 0.2) is 68.2 Å². The number of benzene rings is 1. The fraction of sp³-hybridized carbons (Fsp3) is 0.143. The van der Waals surface area contributed by atoms with E-state index >= 15 is 0 Å². The van der Waals surface area contributed by atoms with Crippen molar-refractivity contribution in [3.63, 3.8) is 0 Å². The predicted octanol–water partition coefficient (Wildman–Crippen LogP) is 3.31. The molecule has 2 aromatic rings. The Labute approximate surface area is 186 Å². The zero-order chi connectivity index (χ0) is 24.2. The van der Waals surface area contributed by atoms with Gasteiger partial charge in [0.25, 0.3) is 5.91 Å². The van der Waals surface area contributed by atoms with Crippen molar-refractivity contribution in [2.24, 2.45) is 0 Å². The number of urea groups is 1. The molecule has 1 aromatic carbocycles. The fourth-order valence-electron chi connectivity index (χ4n) is 3.04. The third kappa shape index (κ3) is 5.47. The number of nitrogens with zero attached hydrogens (tertiary/aromatic N) is 3. The highest BCUT2D eigenvalue weighted by molar-refractivity contribution is 6.09. The molecule has 0 bridgehead atoms. The summed E-state index contributed by atoms with van der Waals surface area (Å²) in [6.07, 6.45) is -1.15. The molecule has 172 valence electrons. The summed E-state index contributed by atoms with van der Waals surface area (Å²) >= 11 is 0. The van der Waals surface area contributed by atoms with Crippen molar-refractivity contribution in [3.8, 4) is 5.75 Å². The van der Waals surface area contributed by atoms with Crippen molar-refractivity contribution in [3.05, 3.63) is 73.7 Å². The van der Waals surface area contributed by atoms with Gasteiger partial charge in [-0.1, -0.05) is 25.3 Å². The van der Waals surface area contributed by atoms with Crippen molar-refractivity contribution < 1.29 is 32.3 Å². The molecular formula is C21H18F3N5O4. The zero-order valence-corrected chi connectivity index (χ0v) is 17.0. The van der Waals surface area contributed by atoms with Gasteiger partial charge < -0.3 is 15.4 Å². The lowest BCUT2D eigenvalue weighted by Crippen LogP contribution is -2.50. The van der Waals surface area contributed by atoms with Gasteiger partial charge in [-0.3, -0.25) is 19.4 Å². The highest BCUT2D eigenvalue weighted by atomic mass is 19.4. The Bertz CT molecular complexity index is 1080. The molecule has 1 unspecified atom stereocenters. The topological polar surface area (TPSA) is 104 Å². The number of carbonyl (C=O) groups is 3. The number of aromatic nitrogens is 1. The van der Waals surface area contributed by atoms with E-state index < -0.39 is 36.0 Å². The van der Waals surface area contributed by atoms with Crippen LogP contribution in [0.2, 0.25) is 0 Å². The lowest BCUT2D eigenvalue weighted by atomic mass is 10.1. The van der Waals surface area contributed by atoms with Crippen LogP contribution < -0.4 is 20.3 Å². The molecule has 12 heteroatoms. The average Bonchev–Trinajstić information content (AvgIpc) is 2.77. The van der Waals surface area contributed by atoms with E-state index in [2.05, 4.69) is 33.5 Å². The molecule has 33 heavy (non-hydrogen) atoms. The van der Waals surface area contributed by atoms with E-state index in [0.717, 1.165) is 34.3 Å². The number of hydrogen-bond donors (Lipinski definition) is 2. The first-order valence-electron chi connectivity index (χ1n) is 9.39. The number of pyridine rings is 1. The van der Waals surface area contributed by atoms with E-state index in [4.69, 9.17) is 0 Å². The number of anilines is 2. The van der Waals surface area contributed by atoms with E-state index in [1.807, 2.05) is 0 Å². The lowest BCUT2D eigenvalue weighted by Gasteiger charge is -2.30. The van der Waals surface area contributed by atoms with Crippen molar-refractivity contribution in [1.82, 2.24) is 15.2 Å². The van der Waals surface area contributed by atoms with Gasteiger partial charge in [-0.05, 0) is 29.8 Å². The van der Waals surface area contributed by atoms with Crippen molar-refractivity contribution >= 4 is 29.4 Å². The second-order valence-corrected chi connectivity index (χ2v) is 6.62. The molecule has 1 atom stereocenters. The van der Waals surface area contributed by atoms with Crippen LogP contribution in [0.25, 0.3) is 0 Å². The SMILES string of the molecule is C=CN(C=C)C(=O)C(NC(=O)N1CC(=O)Nc2cccnc21)c1ccc(OC(F)(F)F)cc1. The van der Waals surface area contributed by atoms with Crippen LogP contribution in [0.3, 0.4) is 0 Å². The van der Waals surface area contributed by atoms with Crippen molar-refractivity contribution in [2.75, 3.05) is 16.8 Å². The first-order valence-corrected chi connectivity index (χ1v) is 9.39. The van der Waals surface area contributed by atoms with E-state index in [1.165, 1.54) is 18.3 Å². The third-order valence-corrected chi connectivity index (χ3v) is 4.47. The Hall–Kier alpha value is -4.35. The second-order valence-electron chi connectivity index (χ2n) is 6.62. The number of nitrogens with one attached hydrogen (secondary N) is 2. The van der Waals surface area contributed by atoms with Gasteiger partial charge in [0.1, 0.15) is 18.3 Å². The van der Waals surface area contributed by atoms with Crippen LogP contribution in [-0.2, 0) is 9.59 Å². The van der Waals surface area contributed by atoms with Gasteiger partial charge >= 0.3 is 12.4 Å². The number of alkyl halides is 3. The highest BCUT2D eigenvalue weighted by Crippen LogP contribution is 2.28. The average molecular weight is 461 g/mol. The molecule has 2 N–H and O–H groups in total. The van der Waals surface area contributed by atoms with Crippen molar-refractivity contribution in [2.45, 2.75) is 12.4 Å². The molecular weight excluding hydrogens is 443 g/mol. The molecule has 0 radical (unpaired) electrons. The van der Waals surface area contributed by atoms with E-state index in [0.29, 0.717) is 5.69 Å². The molecule has 1 aromatic heterocycles. The summed E-state index contributed by atoms with van der Waals surface area (Å²) in [7, 11) is 0. The summed E-state index contributed by atoms with van der Waals surface area (Å²) in [5.41, 5.74) is 0.457. The molecule has 0 saturated heterocycles. The number of carbonyl (C=O) groups excluding carboxylic acids is 3.